The number of aryl methyl sites for hydroxylation is 1. The summed E-state index contributed by atoms with van der Waals surface area (Å²) in [5.74, 6) is 0.354. The Morgan fingerprint density at radius 1 is 1.23 bits per heavy atom. The molecule has 188 valence electrons. The molecule has 3 fully saturated rings. The van der Waals surface area contributed by atoms with Gasteiger partial charge in [0.05, 0.1) is 6.07 Å². The molecule has 1 aliphatic heterocycles. The molecule has 1 aromatic rings. The van der Waals surface area contributed by atoms with E-state index in [4.69, 9.17) is 4.74 Å². The molecule has 2 aliphatic carbocycles. The van der Waals surface area contributed by atoms with E-state index in [0.29, 0.717) is 25.1 Å². The summed E-state index contributed by atoms with van der Waals surface area (Å²) in [4.78, 5) is 40.7. The van der Waals surface area contributed by atoms with Crippen LogP contribution in [0.25, 0.3) is 0 Å². The first kappa shape index (κ1) is 25.2. The van der Waals surface area contributed by atoms with Crippen LogP contribution in [0.5, 0.6) is 5.75 Å². The average Bonchev–Trinajstić information content (AvgIpc) is 3.12. The molecule has 0 unspecified atom stereocenters. The molecule has 3 aliphatic rings. The molecule has 1 saturated heterocycles. The number of ether oxygens (including phenoxy) is 1. The standard InChI is InChI=1S/C28H37N3O4/c1-17-6-8-20(9-7-17)35-16-23(33)31-15-21-24(28(21,4)5)25(31)26(34)30-19(14-29)12-18-10-11-27(2,3)13-22(18)32/h6-9,18-19,21,24-25H,10-13,15-16H2,1-5H3,(H,30,34)/t18-,19-,21-,24-,25-/m0/s1. The number of piperidine rings is 1. The van der Waals surface area contributed by atoms with Crippen LogP contribution in [0.3, 0.4) is 0 Å². The molecule has 7 nitrogen and oxygen atoms in total. The number of carbonyl (C=O) groups excluding carboxylic acids is 3. The minimum Gasteiger partial charge on any atom is -0.484 e. The highest BCUT2D eigenvalue weighted by Gasteiger charge is 2.69. The average molecular weight is 480 g/mol. The molecule has 7 heteroatoms. The zero-order chi connectivity index (χ0) is 25.5. The summed E-state index contributed by atoms with van der Waals surface area (Å²) in [6.07, 6.45) is 2.50. The second-order valence-corrected chi connectivity index (χ2v) is 12.0. The van der Waals surface area contributed by atoms with Crippen molar-refractivity contribution in [1.82, 2.24) is 10.2 Å². The number of likely N-dealkylation sites (tertiary alicyclic amines) is 1. The zero-order valence-corrected chi connectivity index (χ0v) is 21.5. The number of hydrogen-bond acceptors (Lipinski definition) is 5. The van der Waals surface area contributed by atoms with E-state index >= 15 is 0 Å². The van der Waals surface area contributed by atoms with Crippen LogP contribution in [0, 0.1) is 46.8 Å². The molecular weight excluding hydrogens is 442 g/mol. The molecule has 2 amide bonds. The van der Waals surface area contributed by atoms with Gasteiger partial charge >= 0.3 is 0 Å². The second kappa shape index (κ2) is 9.29. The van der Waals surface area contributed by atoms with Gasteiger partial charge in [-0.3, -0.25) is 14.4 Å². The third-order valence-electron chi connectivity index (χ3n) is 8.45. The van der Waals surface area contributed by atoms with Crippen LogP contribution in [0.1, 0.15) is 58.9 Å². The Bertz CT molecular complexity index is 1040. The third-order valence-corrected chi connectivity index (χ3v) is 8.45. The highest BCUT2D eigenvalue weighted by molar-refractivity contribution is 5.90. The topological polar surface area (TPSA) is 99.5 Å². The van der Waals surface area contributed by atoms with Gasteiger partial charge in [-0.05, 0) is 61.0 Å². The van der Waals surface area contributed by atoms with Gasteiger partial charge in [-0.15, -0.1) is 0 Å². The molecule has 4 rings (SSSR count). The minimum atomic E-state index is -0.751. The first-order chi connectivity index (χ1) is 16.4. The number of nitrogens with zero attached hydrogens (tertiary/aromatic N) is 2. The fourth-order valence-electron chi connectivity index (χ4n) is 6.07. The Balaban J connectivity index is 1.39. The lowest BCUT2D eigenvalue weighted by Gasteiger charge is -2.34. The van der Waals surface area contributed by atoms with Gasteiger partial charge in [0, 0.05) is 18.9 Å². The maximum atomic E-state index is 13.4. The molecule has 0 spiro atoms. The van der Waals surface area contributed by atoms with E-state index in [-0.39, 0.29) is 52.8 Å². The first-order valence-electron chi connectivity index (χ1n) is 12.6. The number of carbonyl (C=O) groups is 3. The van der Waals surface area contributed by atoms with Crippen LogP contribution in [-0.4, -0.2) is 47.7 Å². The van der Waals surface area contributed by atoms with Gasteiger partial charge in [0.25, 0.3) is 5.91 Å². The maximum absolute atomic E-state index is 13.4. The monoisotopic (exact) mass is 479 g/mol. The predicted octanol–water partition coefficient (Wildman–Crippen LogP) is 3.65. The summed E-state index contributed by atoms with van der Waals surface area (Å²) in [5.41, 5.74) is 1.08. The van der Waals surface area contributed by atoms with Crippen LogP contribution < -0.4 is 10.1 Å². The molecule has 1 aromatic carbocycles. The van der Waals surface area contributed by atoms with Gasteiger partial charge in [-0.1, -0.05) is 45.4 Å². The number of hydrogen-bond donors (Lipinski definition) is 1. The molecule has 0 aromatic heterocycles. The lowest BCUT2D eigenvalue weighted by molar-refractivity contribution is -0.142. The number of rotatable bonds is 7. The highest BCUT2D eigenvalue weighted by atomic mass is 16.5. The van der Waals surface area contributed by atoms with Crippen molar-refractivity contribution in [2.24, 2.45) is 28.6 Å². The lowest BCUT2D eigenvalue weighted by Crippen LogP contribution is -2.53. The summed E-state index contributed by atoms with van der Waals surface area (Å²) in [7, 11) is 0. The van der Waals surface area contributed by atoms with E-state index in [1.165, 1.54) is 0 Å². The first-order valence-corrected chi connectivity index (χ1v) is 12.6. The number of fused-ring (bicyclic) bond motifs is 1. The van der Waals surface area contributed by atoms with Crippen molar-refractivity contribution in [3.8, 4) is 11.8 Å². The fourth-order valence-corrected chi connectivity index (χ4v) is 6.07. The van der Waals surface area contributed by atoms with Gasteiger partial charge in [0.2, 0.25) is 5.91 Å². The lowest BCUT2D eigenvalue weighted by atomic mass is 9.71. The fraction of sp³-hybridized carbons (Fsp3) is 0.643. The van der Waals surface area contributed by atoms with Gasteiger partial charge in [0.15, 0.2) is 6.61 Å². The Morgan fingerprint density at radius 2 is 1.91 bits per heavy atom. The van der Waals surface area contributed by atoms with Crippen molar-refractivity contribution < 1.29 is 19.1 Å². The summed E-state index contributed by atoms with van der Waals surface area (Å²) in [6.45, 7) is 10.8. The minimum absolute atomic E-state index is 0.00308. The second-order valence-electron chi connectivity index (χ2n) is 12.0. The molecule has 2 saturated carbocycles. The molecule has 1 N–H and O–H groups in total. The van der Waals surface area contributed by atoms with E-state index in [1.807, 2.05) is 31.2 Å². The predicted molar refractivity (Wildman–Crippen MR) is 131 cm³/mol. The Morgan fingerprint density at radius 3 is 2.54 bits per heavy atom. The molecular formula is C28H37N3O4. The van der Waals surface area contributed by atoms with Crippen molar-refractivity contribution in [3.63, 3.8) is 0 Å². The SMILES string of the molecule is Cc1ccc(OCC(=O)N2C[C@H]3[C@@H]([C@H]2C(=O)N[C@H](C#N)C[C@@H]2CCC(C)(C)CC2=O)C3(C)C)cc1. The van der Waals surface area contributed by atoms with Crippen molar-refractivity contribution in [2.45, 2.75) is 72.4 Å². The van der Waals surface area contributed by atoms with E-state index in [2.05, 4.69) is 39.1 Å². The quantitative estimate of drug-likeness (QED) is 0.644. The molecule has 0 bridgehead atoms. The highest BCUT2D eigenvalue weighted by Crippen LogP contribution is 2.64. The van der Waals surface area contributed by atoms with Gasteiger partial charge in [-0.25, -0.2) is 0 Å². The van der Waals surface area contributed by atoms with E-state index in [1.54, 1.807) is 4.90 Å². The summed E-state index contributed by atoms with van der Waals surface area (Å²) >= 11 is 0. The molecule has 5 atom stereocenters. The molecule has 35 heavy (non-hydrogen) atoms. The largest absolute Gasteiger partial charge is 0.484 e. The number of nitrogens with one attached hydrogen (secondary N) is 1. The Labute approximate surface area is 208 Å². The smallest absolute Gasteiger partial charge is 0.261 e. The Hall–Kier alpha value is -2.88. The van der Waals surface area contributed by atoms with Crippen LogP contribution in [0.4, 0.5) is 0 Å². The summed E-state index contributed by atoms with van der Waals surface area (Å²) in [5, 5.41) is 12.6. The van der Waals surface area contributed by atoms with Crippen molar-refractivity contribution in [3.05, 3.63) is 29.8 Å². The number of ketones is 1. The Kier molecular flexibility index (Phi) is 6.70. The van der Waals surface area contributed by atoms with Gasteiger partial charge < -0.3 is 15.0 Å². The summed E-state index contributed by atoms with van der Waals surface area (Å²) in [6, 6.07) is 8.29. The van der Waals surface area contributed by atoms with Gasteiger partial charge in [-0.2, -0.15) is 5.26 Å². The maximum Gasteiger partial charge on any atom is 0.261 e. The van der Waals surface area contributed by atoms with E-state index < -0.39 is 12.1 Å². The third kappa shape index (κ3) is 5.22. The summed E-state index contributed by atoms with van der Waals surface area (Å²) < 4.78 is 5.68. The number of nitriles is 1. The van der Waals surface area contributed by atoms with Gasteiger partial charge in [0.1, 0.15) is 23.6 Å². The van der Waals surface area contributed by atoms with Crippen molar-refractivity contribution >= 4 is 17.6 Å². The van der Waals surface area contributed by atoms with E-state index in [0.717, 1.165) is 18.4 Å². The van der Waals surface area contributed by atoms with Crippen LogP contribution in [0.15, 0.2) is 24.3 Å². The zero-order valence-electron chi connectivity index (χ0n) is 21.5. The number of benzene rings is 1. The van der Waals surface area contributed by atoms with Crippen molar-refractivity contribution in [1.29, 1.82) is 5.26 Å². The normalized spacial score (nSPS) is 29.0. The number of Topliss-reactive ketones (excluding diaryl/α,β-unsaturated/α-hetero) is 1. The number of amides is 2. The van der Waals surface area contributed by atoms with Crippen LogP contribution >= 0.6 is 0 Å². The molecule has 1 heterocycles. The molecule has 0 radical (unpaired) electrons. The van der Waals surface area contributed by atoms with E-state index in [9.17, 15) is 19.6 Å². The van der Waals surface area contributed by atoms with Crippen molar-refractivity contribution in [2.75, 3.05) is 13.2 Å². The van der Waals surface area contributed by atoms with Crippen LogP contribution in [-0.2, 0) is 14.4 Å². The van der Waals surface area contributed by atoms with Crippen LogP contribution in [0.2, 0.25) is 0 Å².